The molecule has 1 aliphatic heterocycles. The van der Waals surface area contributed by atoms with Crippen molar-refractivity contribution in [3.63, 3.8) is 0 Å². The highest BCUT2D eigenvalue weighted by atomic mass is 28.4. The van der Waals surface area contributed by atoms with Gasteiger partial charge in [-0.3, -0.25) is 0 Å². The maximum Gasteiger partial charge on any atom is 0.0556 e. The molecule has 0 amide bonds. The maximum atomic E-state index is 3.80. The number of rotatable bonds is 2. The van der Waals surface area contributed by atoms with Gasteiger partial charge in [-0.25, -0.2) is 0 Å². The van der Waals surface area contributed by atoms with E-state index in [1.165, 1.54) is 0 Å². The van der Waals surface area contributed by atoms with E-state index in [9.17, 15) is 0 Å². The SMILES string of the molecule is C=C[SiH]1C[SiH](C=C)C1. The highest BCUT2D eigenvalue weighted by Crippen LogP contribution is 2.20. The smallest absolute Gasteiger partial charge is 0.0556 e. The zero-order chi connectivity index (χ0) is 5.98. The molecule has 0 aromatic heterocycles. The molecule has 8 heavy (non-hydrogen) atoms. The van der Waals surface area contributed by atoms with Crippen LogP contribution in [-0.4, -0.2) is 17.6 Å². The summed E-state index contributed by atoms with van der Waals surface area (Å²) in [5, 5.41) is 0. The average molecular weight is 140 g/mol. The Hall–Kier alpha value is -0.0862. The van der Waals surface area contributed by atoms with Gasteiger partial charge in [0.1, 0.15) is 0 Å². The Morgan fingerprint density at radius 2 is 1.38 bits per heavy atom. The minimum Gasteiger partial charge on any atom is -0.107 e. The number of hydrogen-bond donors (Lipinski definition) is 0. The summed E-state index contributed by atoms with van der Waals surface area (Å²) in [5.74, 6) is 0. The molecule has 1 aliphatic rings. The molecular weight excluding hydrogens is 128 g/mol. The van der Waals surface area contributed by atoms with Gasteiger partial charge in [-0.05, 0) is 0 Å². The molecule has 0 unspecified atom stereocenters. The molecule has 1 fully saturated rings. The molecule has 0 saturated carbocycles. The first-order chi connectivity index (χ1) is 3.86. The molecule has 0 aliphatic carbocycles. The van der Waals surface area contributed by atoms with E-state index in [1.807, 2.05) is 0 Å². The quantitative estimate of drug-likeness (QED) is 0.502. The van der Waals surface area contributed by atoms with Gasteiger partial charge >= 0.3 is 0 Å². The summed E-state index contributed by atoms with van der Waals surface area (Å²) >= 11 is 0. The molecule has 0 radical (unpaired) electrons. The van der Waals surface area contributed by atoms with Crippen LogP contribution in [0.25, 0.3) is 0 Å². The normalized spacial score (nSPS) is 35.5. The van der Waals surface area contributed by atoms with Crippen LogP contribution in [0.2, 0.25) is 11.3 Å². The van der Waals surface area contributed by atoms with Gasteiger partial charge in [-0.1, -0.05) is 11.3 Å². The van der Waals surface area contributed by atoms with Crippen molar-refractivity contribution in [1.29, 1.82) is 0 Å². The third-order valence-corrected chi connectivity index (χ3v) is 12.9. The van der Waals surface area contributed by atoms with E-state index in [-0.39, 0.29) is 17.6 Å². The molecule has 0 aromatic rings. The highest BCUT2D eigenvalue weighted by Gasteiger charge is 2.25. The van der Waals surface area contributed by atoms with Crippen molar-refractivity contribution >= 4 is 17.6 Å². The van der Waals surface area contributed by atoms with E-state index < -0.39 is 0 Å². The molecule has 0 N–H and O–H groups in total. The Bertz CT molecular complexity index is 91.1. The lowest BCUT2D eigenvalue weighted by molar-refractivity contribution is 1.58. The Balaban J connectivity index is 2.20. The largest absolute Gasteiger partial charge is 0.107 e. The number of hydrogen-bond acceptors (Lipinski definition) is 0. The summed E-state index contributed by atoms with van der Waals surface area (Å²) < 4.78 is 0. The Morgan fingerprint density at radius 1 is 1.00 bits per heavy atom. The van der Waals surface area contributed by atoms with Crippen molar-refractivity contribution in [3.05, 3.63) is 24.6 Å². The van der Waals surface area contributed by atoms with Gasteiger partial charge in [0, 0.05) is 0 Å². The molecule has 1 saturated heterocycles. The van der Waals surface area contributed by atoms with Crippen LogP contribution in [0.15, 0.2) is 24.6 Å². The fourth-order valence-corrected chi connectivity index (χ4v) is 9.84. The summed E-state index contributed by atoms with van der Waals surface area (Å²) in [7, 11) is -0.602. The Labute approximate surface area is 54.1 Å². The molecule has 0 spiro atoms. The van der Waals surface area contributed by atoms with Crippen LogP contribution in [0.5, 0.6) is 0 Å². The zero-order valence-electron chi connectivity index (χ0n) is 5.14. The van der Waals surface area contributed by atoms with Crippen LogP contribution in [0.3, 0.4) is 0 Å². The van der Waals surface area contributed by atoms with Crippen molar-refractivity contribution < 1.29 is 0 Å². The van der Waals surface area contributed by atoms with E-state index in [0.29, 0.717) is 0 Å². The third kappa shape index (κ3) is 1.01. The lowest BCUT2D eigenvalue weighted by atomic mass is 11.3. The van der Waals surface area contributed by atoms with Crippen LogP contribution in [0.1, 0.15) is 0 Å². The van der Waals surface area contributed by atoms with Gasteiger partial charge in [0.15, 0.2) is 0 Å². The first-order valence-electron chi connectivity index (χ1n) is 3.12. The van der Waals surface area contributed by atoms with E-state index in [0.717, 1.165) is 0 Å². The fraction of sp³-hybridized carbons (Fsp3) is 0.333. The van der Waals surface area contributed by atoms with E-state index in [4.69, 9.17) is 0 Å². The topological polar surface area (TPSA) is 0 Å². The van der Waals surface area contributed by atoms with Gasteiger partial charge < -0.3 is 0 Å². The predicted molar refractivity (Wildman–Crippen MR) is 44.3 cm³/mol. The summed E-state index contributed by atoms with van der Waals surface area (Å²) in [6.45, 7) is 7.60. The first-order valence-corrected chi connectivity index (χ1v) is 7.72. The van der Waals surface area contributed by atoms with Crippen molar-refractivity contribution in [1.82, 2.24) is 0 Å². The van der Waals surface area contributed by atoms with Crippen molar-refractivity contribution in [2.45, 2.75) is 11.3 Å². The molecule has 0 aromatic carbocycles. The first kappa shape index (κ1) is 6.04. The monoisotopic (exact) mass is 140 g/mol. The van der Waals surface area contributed by atoms with Gasteiger partial charge in [-0.2, -0.15) is 0 Å². The Morgan fingerprint density at radius 3 is 1.62 bits per heavy atom. The third-order valence-electron chi connectivity index (χ3n) is 1.88. The second kappa shape index (κ2) is 2.46. The van der Waals surface area contributed by atoms with E-state index in [2.05, 4.69) is 24.6 Å². The molecule has 44 valence electrons. The molecular formula is C6H12Si2. The van der Waals surface area contributed by atoms with Gasteiger partial charge in [0.25, 0.3) is 0 Å². The van der Waals surface area contributed by atoms with Crippen LogP contribution in [0, 0.1) is 0 Å². The Kier molecular flexibility index (Phi) is 1.86. The van der Waals surface area contributed by atoms with Crippen LogP contribution < -0.4 is 0 Å². The molecule has 0 atom stereocenters. The van der Waals surface area contributed by atoms with E-state index >= 15 is 0 Å². The summed E-state index contributed by atoms with van der Waals surface area (Å²) in [6, 6.07) is 0. The molecule has 1 rings (SSSR count). The minimum atomic E-state index is -0.301. The van der Waals surface area contributed by atoms with Gasteiger partial charge in [-0.15, -0.1) is 24.6 Å². The van der Waals surface area contributed by atoms with Crippen molar-refractivity contribution in [2.75, 3.05) is 0 Å². The zero-order valence-corrected chi connectivity index (χ0v) is 7.45. The maximum absolute atomic E-state index is 3.80. The van der Waals surface area contributed by atoms with Crippen LogP contribution in [0.4, 0.5) is 0 Å². The van der Waals surface area contributed by atoms with Crippen LogP contribution in [-0.2, 0) is 0 Å². The fourth-order valence-electron chi connectivity index (χ4n) is 1.09. The molecule has 2 heteroatoms. The second-order valence-electron chi connectivity index (χ2n) is 2.46. The standard InChI is InChI=1S/C6H12Si2/c1-3-7-5-8(4-2)6-7/h3-4,7-8H,1-2,5-6H2. The molecule has 0 nitrogen and oxygen atoms in total. The minimum absolute atomic E-state index is 0.301. The summed E-state index contributed by atoms with van der Waals surface area (Å²) in [5.41, 5.74) is 7.56. The molecule has 0 bridgehead atoms. The average Bonchev–Trinajstić information content (AvgIpc) is 1.65. The lowest BCUT2D eigenvalue weighted by Gasteiger charge is -2.27. The highest BCUT2D eigenvalue weighted by molar-refractivity contribution is 6.99. The predicted octanol–water partition coefficient (Wildman–Crippen LogP) is 0.983. The molecule has 1 heterocycles. The van der Waals surface area contributed by atoms with Gasteiger partial charge in [0.05, 0.1) is 17.6 Å². The summed E-state index contributed by atoms with van der Waals surface area (Å²) in [6.07, 6.45) is 0. The van der Waals surface area contributed by atoms with Crippen molar-refractivity contribution in [2.24, 2.45) is 0 Å². The van der Waals surface area contributed by atoms with Gasteiger partial charge in [0.2, 0.25) is 0 Å². The van der Waals surface area contributed by atoms with E-state index in [1.54, 1.807) is 11.3 Å². The second-order valence-corrected chi connectivity index (χ2v) is 10.2. The van der Waals surface area contributed by atoms with Crippen LogP contribution >= 0.6 is 0 Å². The summed E-state index contributed by atoms with van der Waals surface area (Å²) in [4.78, 5) is 0. The van der Waals surface area contributed by atoms with Crippen molar-refractivity contribution in [3.8, 4) is 0 Å². The lowest BCUT2D eigenvalue weighted by Crippen LogP contribution is -2.36.